The lowest BCUT2D eigenvalue weighted by Gasteiger charge is -1.85. The van der Waals surface area contributed by atoms with Gasteiger partial charge in [-0.2, -0.15) is 0 Å². The Balaban J connectivity index is 1.94. The maximum absolute atomic E-state index is 11.4. The molecule has 0 bridgehead atoms. The highest BCUT2D eigenvalue weighted by molar-refractivity contribution is 5.99. The third-order valence-corrected chi connectivity index (χ3v) is 2.10. The molecule has 0 saturated carbocycles. The van der Waals surface area contributed by atoms with Crippen molar-refractivity contribution in [2.75, 3.05) is 0 Å². The molecule has 0 atom stereocenters. The molecule has 0 aromatic heterocycles. The second-order valence-electron chi connectivity index (χ2n) is 3.32. The standard InChI is InChI=1S/C15H10O/c16-15(11-9-13-5-1-2-6-13)12-10-14-7-3-4-8-14/h1-5,7,9-12H/b11-9+,12-10+. The van der Waals surface area contributed by atoms with Crippen LogP contribution in [0.15, 0.2) is 83.4 Å². The largest absolute Gasteiger partial charge is 0.290 e. The van der Waals surface area contributed by atoms with Crippen molar-refractivity contribution in [1.29, 1.82) is 0 Å². The van der Waals surface area contributed by atoms with Crippen molar-refractivity contribution in [3.05, 3.63) is 83.4 Å². The fourth-order valence-electron chi connectivity index (χ4n) is 1.30. The van der Waals surface area contributed by atoms with Crippen LogP contribution in [0.4, 0.5) is 0 Å². The molecule has 0 spiro atoms. The lowest BCUT2D eigenvalue weighted by molar-refractivity contribution is -0.110. The molecule has 0 fully saturated rings. The minimum atomic E-state index is -0.0378. The highest BCUT2D eigenvalue weighted by Gasteiger charge is 1.93. The van der Waals surface area contributed by atoms with E-state index < -0.39 is 0 Å². The summed E-state index contributed by atoms with van der Waals surface area (Å²) in [5.41, 5.74) is 7.82. The normalized spacial score (nSPS) is 16.8. The summed E-state index contributed by atoms with van der Waals surface area (Å²) in [6, 6.07) is 0. The quantitative estimate of drug-likeness (QED) is 0.510. The number of ketones is 1. The Kier molecular flexibility index (Phi) is 3.15. The van der Waals surface area contributed by atoms with Gasteiger partial charge in [-0.05, 0) is 48.6 Å². The predicted molar refractivity (Wildman–Crippen MR) is 64.8 cm³/mol. The highest BCUT2D eigenvalue weighted by Crippen LogP contribution is 2.05. The molecular formula is C15H10O. The molecule has 0 amide bonds. The summed E-state index contributed by atoms with van der Waals surface area (Å²) < 4.78 is 0. The lowest BCUT2D eigenvalue weighted by atomic mass is 10.2. The van der Waals surface area contributed by atoms with Crippen LogP contribution in [0.1, 0.15) is 0 Å². The minimum Gasteiger partial charge on any atom is -0.290 e. The molecule has 0 N–H and O–H groups in total. The van der Waals surface area contributed by atoms with Gasteiger partial charge in [-0.1, -0.05) is 12.2 Å². The molecular weight excluding hydrogens is 196 g/mol. The molecule has 0 aromatic rings. The topological polar surface area (TPSA) is 17.1 Å². The number of carbonyl (C=O) groups excluding carboxylic acids is 1. The van der Waals surface area contributed by atoms with Crippen LogP contribution in [-0.4, -0.2) is 5.78 Å². The zero-order chi connectivity index (χ0) is 11.2. The fraction of sp³-hybridized carbons (Fsp3) is 0. The van der Waals surface area contributed by atoms with Crippen molar-refractivity contribution in [1.82, 2.24) is 0 Å². The SMILES string of the molecule is O=C(/C=C/C1=C=CC=C1)/C=C/C1=C=CC=C1. The van der Waals surface area contributed by atoms with E-state index in [1.165, 1.54) is 12.2 Å². The summed E-state index contributed by atoms with van der Waals surface area (Å²) in [5.74, 6) is -0.0378. The molecule has 0 aromatic carbocycles. The van der Waals surface area contributed by atoms with Gasteiger partial charge in [-0.15, -0.1) is 11.5 Å². The van der Waals surface area contributed by atoms with E-state index >= 15 is 0 Å². The molecule has 76 valence electrons. The van der Waals surface area contributed by atoms with Crippen LogP contribution >= 0.6 is 0 Å². The van der Waals surface area contributed by atoms with Gasteiger partial charge in [-0.3, -0.25) is 4.79 Å². The van der Waals surface area contributed by atoms with Crippen LogP contribution in [0.25, 0.3) is 0 Å². The Morgan fingerprint density at radius 1 is 0.938 bits per heavy atom. The van der Waals surface area contributed by atoms with E-state index in [2.05, 4.69) is 11.5 Å². The van der Waals surface area contributed by atoms with Crippen LogP contribution in [-0.2, 0) is 4.79 Å². The minimum absolute atomic E-state index is 0.0378. The Bertz CT molecular complexity index is 500. The molecule has 1 heteroatoms. The molecule has 0 unspecified atom stereocenters. The van der Waals surface area contributed by atoms with Gasteiger partial charge >= 0.3 is 0 Å². The summed E-state index contributed by atoms with van der Waals surface area (Å²) in [6.45, 7) is 0. The number of hydrogen-bond acceptors (Lipinski definition) is 1. The van der Waals surface area contributed by atoms with Gasteiger partial charge < -0.3 is 0 Å². The van der Waals surface area contributed by atoms with E-state index in [0.29, 0.717) is 0 Å². The number of allylic oxidation sites excluding steroid dienone is 10. The summed E-state index contributed by atoms with van der Waals surface area (Å²) >= 11 is 0. The first-order valence-corrected chi connectivity index (χ1v) is 5.01. The predicted octanol–water partition coefficient (Wildman–Crippen LogP) is 2.97. The Hall–Kier alpha value is -2.33. The van der Waals surface area contributed by atoms with Gasteiger partial charge in [0.1, 0.15) is 0 Å². The Morgan fingerprint density at radius 2 is 1.44 bits per heavy atom. The van der Waals surface area contributed by atoms with Gasteiger partial charge in [0.05, 0.1) is 0 Å². The maximum atomic E-state index is 11.4. The second kappa shape index (κ2) is 4.95. The van der Waals surface area contributed by atoms with Crippen LogP contribution < -0.4 is 0 Å². The molecule has 2 aliphatic rings. The lowest BCUT2D eigenvalue weighted by Crippen LogP contribution is -1.85. The van der Waals surface area contributed by atoms with E-state index in [4.69, 9.17) is 0 Å². The van der Waals surface area contributed by atoms with Gasteiger partial charge in [0, 0.05) is 11.1 Å². The second-order valence-corrected chi connectivity index (χ2v) is 3.32. The number of rotatable bonds is 4. The molecule has 2 aliphatic carbocycles. The first-order valence-electron chi connectivity index (χ1n) is 5.01. The first-order chi connectivity index (χ1) is 7.84. The van der Waals surface area contributed by atoms with Crippen LogP contribution in [0.3, 0.4) is 0 Å². The van der Waals surface area contributed by atoms with Crippen molar-refractivity contribution < 1.29 is 4.79 Å². The maximum Gasteiger partial charge on any atom is 0.178 e. The van der Waals surface area contributed by atoms with Gasteiger partial charge in [0.15, 0.2) is 5.78 Å². The average molecular weight is 206 g/mol. The molecule has 0 heterocycles. The van der Waals surface area contributed by atoms with E-state index in [-0.39, 0.29) is 5.78 Å². The van der Waals surface area contributed by atoms with Gasteiger partial charge in [0.2, 0.25) is 0 Å². The molecule has 0 saturated heterocycles. The molecule has 2 rings (SSSR count). The zero-order valence-corrected chi connectivity index (χ0v) is 8.68. The van der Waals surface area contributed by atoms with Crippen LogP contribution in [0.2, 0.25) is 0 Å². The van der Waals surface area contributed by atoms with E-state index in [9.17, 15) is 4.79 Å². The summed E-state index contributed by atoms with van der Waals surface area (Å²) in [6.07, 6.45) is 17.8. The Labute approximate surface area is 94.5 Å². The van der Waals surface area contributed by atoms with Crippen molar-refractivity contribution >= 4 is 5.78 Å². The Morgan fingerprint density at radius 3 is 1.81 bits per heavy atom. The molecule has 16 heavy (non-hydrogen) atoms. The molecule has 0 aliphatic heterocycles. The zero-order valence-electron chi connectivity index (χ0n) is 8.68. The van der Waals surface area contributed by atoms with Crippen molar-refractivity contribution in [3.8, 4) is 0 Å². The third kappa shape index (κ3) is 2.83. The molecule has 0 radical (unpaired) electrons. The van der Waals surface area contributed by atoms with E-state index in [0.717, 1.165) is 11.1 Å². The van der Waals surface area contributed by atoms with Gasteiger partial charge in [0.25, 0.3) is 0 Å². The number of carbonyl (C=O) groups is 1. The van der Waals surface area contributed by atoms with E-state index in [1.54, 1.807) is 12.2 Å². The van der Waals surface area contributed by atoms with Crippen molar-refractivity contribution in [2.24, 2.45) is 0 Å². The monoisotopic (exact) mass is 206 g/mol. The van der Waals surface area contributed by atoms with Crippen molar-refractivity contribution in [2.45, 2.75) is 0 Å². The van der Waals surface area contributed by atoms with Crippen molar-refractivity contribution in [3.63, 3.8) is 0 Å². The van der Waals surface area contributed by atoms with Gasteiger partial charge in [-0.25, -0.2) is 0 Å². The van der Waals surface area contributed by atoms with Crippen LogP contribution in [0, 0.1) is 0 Å². The summed E-state index contributed by atoms with van der Waals surface area (Å²) in [5, 5.41) is 0. The number of hydrogen-bond donors (Lipinski definition) is 0. The smallest absolute Gasteiger partial charge is 0.178 e. The summed E-state index contributed by atoms with van der Waals surface area (Å²) in [7, 11) is 0. The third-order valence-electron chi connectivity index (χ3n) is 2.10. The average Bonchev–Trinajstić information content (AvgIpc) is 2.96. The highest BCUT2D eigenvalue weighted by atomic mass is 16.1. The van der Waals surface area contributed by atoms with E-state index in [1.807, 2.05) is 36.5 Å². The summed E-state index contributed by atoms with van der Waals surface area (Å²) in [4.78, 5) is 11.4. The first kappa shape index (κ1) is 10.2. The fourth-order valence-corrected chi connectivity index (χ4v) is 1.30. The molecule has 1 nitrogen and oxygen atoms in total. The van der Waals surface area contributed by atoms with Crippen LogP contribution in [0.5, 0.6) is 0 Å².